The first-order valence-electron chi connectivity index (χ1n) is 7.07. The Kier molecular flexibility index (Phi) is 5.57. The van der Waals surface area contributed by atoms with Crippen molar-refractivity contribution in [2.24, 2.45) is 5.92 Å². The molecule has 0 radical (unpaired) electrons. The number of carbonyl (C=O) groups excluding carboxylic acids is 1. The number of carbonyl (C=O) groups is 2. The van der Waals surface area contributed by atoms with Crippen LogP contribution in [0.1, 0.15) is 18.4 Å². The molecule has 2 amide bonds. The third kappa shape index (κ3) is 5.43. The second-order valence-electron chi connectivity index (χ2n) is 5.16. The first kappa shape index (κ1) is 15.3. The molecular formula is C15H20N2O4. The zero-order valence-corrected chi connectivity index (χ0v) is 11.8. The second kappa shape index (κ2) is 7.64. The lowest BCUT2D eigenvalue weighted by molar-refractivity contribution is -0.136. The third-order valence-corrected chi connectivity index (χ3v) is 3.46. The maximum atomic E-state index is 11.8. The molecule has 1 aromatic carbocycles. The summed E-state index contributed by atoms with van der Waals surface area (Å²) in [6, 6.07) is 6.55. The van der Waals surface area contributed by atoms with E-state index >= 15 is 0 Å². The van der Waals surface area contributed by atoms with Crippen LogP contribution >= 0.6 is 0 Å². The lowest BCUT2D eigenvalue weighted by atomic mass is 10.0. The fraction of sp³-hybridized carbons (Fsp3) is 0.467. The Morgan fingerprint density at radius 3 is 2.48 bits per heavy atom. The van der Waals surface area contributed by atoms with E-state index in [1.807, 2.05) is 0 Å². The molecule has 0 aromatic heterocycles. The molecule has 1 heterocycles. The highest BCUT2D eigenvalue weighted by molar-refractivity contribution is 5.89. The van der Waals surface area contributed by atoms with Crippen LogP contribution in [0, 0.1) is 5.92 Å². The molecule has 0 atom stereocenters. The number of nitrogens with one attached hydrogen (secondary N) is 2. The highest BCUT2D eigenvalue weighted by Crippen LogP contribution is 2.13. The van der Waals surface area contributed by atoms with E-state index in [2.05, 4.69) is 10.6 Å². The summed E-state index contributed by atoms with van der Waals surface area (Å²) in [6.07, 6.45) is 1.94. The van der Waals surface area contributed by atoms with Gasteiger partial charge in [-0.1, -0.05) is 12.1 Å². The van der Waals surface area contributed by atoms with Crippen molar-refractivity contribution in [1.82, 2.24) is 5.32 Å². The van der Waals surface area contributed by atoms with E-state index in [0.29, 0.717) is 23.7 Å². The van der Waals surface area contributed by atoms with Crippen LogP contribution in [0.3, 0.4) is 0 Å². The van der Waals surface area contributed by atoms with Crippen molar-refractivity contribution < 1.29 is 19.4 Å². The highest BCUT2D eigenvalue weighted by Gasteiger charge is 2.14. The summed E-state index contributed by atoms with van der Waals surface area (Å²) in [5.41, 5.74) is 1.35. The van der Waals surface area contributed by atoms with Gasteiger partial charge in [0.25, 0.3) is 0 Å². The van der Waals surface area contributed by atoms with E-state index in [0.717, 1.165) is 26.1 Å². The van der Waals surface area contributed by atoms with Crippen LogP contribution in [0.5, 0.6) is 0 Å². The molecule has 1 saturated heterocycles. The minimum Gasteiger partial charge on any atom is -0.481 e. The van der Waals surface area contributed by atoms with Crippen molar-refractivity contribution in [1.29, 1.82) is 0 Å². The SMILES string of the molecule is O=C(O)Cc1ccc(NC(=O)NCC2CCOCC2)cc1. The smallest absolute Gasteiger partial charge is 0.319 e. The Morgan fingerprint density at radius 2 is 1.86 bits per heavy atom. The van der Waals surface area contributed by atoms with Crippen LogP contribution < -0.4 is 10.6 Å². The summed E-state index contributed by atoms with van der Waals surface area (Å²) in [6.45, 7) is 2.17. The number of anilines is 1. The molecule has 0 unspecified atom stereocenters. The van der Waals surface area contributed by atoms with Gasteiger partial charge in [0, 0.05) is 25.4 Å². The number of benzene rings is 1. The van der Waals surface area contributed by atoms with Gasteiger partial charge in [0.1, 0.15) is 0 Å². The predicted octanol–water partition coefficient (Wildman–Crippen LogP) is 1.86. The van der Waals surface area contributed by atoms with Gasteiger partial charge in [-0.2, -0.15) is 0 Å². The van der Waals surface area contributed by atoms with Gasteiger partial charge in [-0.05, 0) is 36.5 Å². The molecule has 0 saturated carbocycles. The van der Waals surface area contributed by atoms with Gasteiger partial charge >= 0.3 is 12.0 Å². The Bertz CT molecular complexity index is 481. The zero-order chi connectivity index (χ0) is 15.1. The lowest BCUT2D eigenvalue weighted by Gasteiger charge is -2.22. The zero-order valence-electron chi connectivity index (χ0n) is 11.8. The summed E-state index contributed by atoms with van der Waals surface area (Å²) < 4.78 is 5.27. The van der Waals surface area contributed by atoms with Crippen LogP contribution in [0.2, 0.25) is 0 Å². The average Bonchev–Trinajstić information content (AvgIpc) is 2.48. The number of carboxylic acids is 1. The molecule has 0 spiro atoms. The van der Waals surface area contributed by atoms with Crippen molar-refractivity contribution in [3.8, 4) is 0 Å². The van der Waals surface area contributed by atoms with E-state index in [9.17, 15) is 9.59 Å². The van der Waals surface area contributed by atoms with Crippen molar-refractivity contribution in [2.45, 2.75) is 19.3 Å². The van der Waals surface area contributed by atoms with Gasteiger partial charge in [0.15, 0.2) is 0 Å². The summed E-state index contributed by atoms with van der Waals surface area (Å²) in [5, 5.41) is 14.3. The van der Waals surface area contributed by atoms with Gasteiger partial charge in [0.05, 0.1) is 6.42 Å². The summed E-state index contributed by atoms with van der Waals surface area (Å²) in [5.74, 6) is -0.396. The Balaban J connectivity index is 1.75. The number of amides is 2. The topological polar surface area (TPSA) is 87.7 Å². The number of hydrogen-bond donors (Lipinski definition) is 3. The normalized spacial score (nSPS) is 15.4. The average molecular weight is 292 g/mol. The Morgan fingerprint density at radius 1 is 1.19 bits per heavy atom. The Hall–Kier alpha value is -2.08. The molecule has 0 bridgehead atoms. The number of urea groups is 1. The molecule has 2 rings (SSSR count). The van der Waals surface area contributed by atoms with Crippen molar-refractivity contribution in [3.05, 3.63) is 29.8 Å². The highest BCUT2D eigenvalue weighted by atomic mass is 16.5. The summed E-state index contributed by atoms with van der Waals surface area (Å²) >= 11 is 0. The number of carboxylic acid groups (broad SMARTS) is 1. The van der Waals surface area contributed by atoms with Crippen LogP contribution in [-0.4, -0.2) is 36.9 Å². The van der Waals surface area contributed by atoms with Gasteiger partial charge in [-0.15, -0.1) is 0 Å². The largest absolute Gasteiger partial charge is 0.481 e. The second-order valence-corrected chi connectivity index (χ2v) is 5.16. The molecule has 1 aliphatic rings. The van der Waals surface area contributed by atoms with E-state index in [-0.39, 0.29) is 12.5 Å². The van der Waals surface area contributed by atoms with E-state index < -0.39 is 5.97 Å². The molecule has 114 valence electrons. The number of hydrogen-bond acceptors (Lipinski definition) is 3. The van der Waals surface area contributed by atoms with Crippen molar-refractivity contribution in [3.63, 3.8) is 0 Å². The standard InChI is InChI=1S/C15H20N2O4/c18-14(19)9-11-1-3-13(4-2-11)17-15(20)16-10-12-5-7-21-8-6-12/h1-4,12H,5-10H2,(H,18,19)(H2,16,17,20). The molecule has 1 fully saturated rings. The van der Waals surface area contributed by atoms with Crippen LogP contribution in [0.4, 0.5) is 10.5 Å². The van der Waals surface area contributed by atoms with Gasteiger partial charge in [-0.3, -0.25) is 4.79 Å². The lowest BCUT2D eigenvalue weighted by Crippen LogP contribution is -2.35. The van der Waals surface area contributed by atoms with E-state index in [4.69, 9.17) is 9.84 Å². The van der Waals surface area contributed by atoms with E-state index in [1.165, 1.54) is 0 Å². The molecule has 6 heteroatoms. The van der Waals surface area contributed by atoms with Crippen LogP contribution in [0.15, 0.2) is 24.3 Å². The van der Waals surface area contributed by atoms with Crippen LogP contribution in [-0.2, 0) is 16.0 Å². The molecule has 21 heavy (non-hydrogen) atoms. The first-order chi connectivity index (χ1) is 10.1. The maximum Gasteiger partial charge on any atom is 0.319 e. The fourth-order valence-corrected chi connectivity index (χ4v) is 2.24. The third-order valence-electron chi connectivity index (χ3n) is 3.46. The number of ether oxygens (including phenoxy) is 1. The monoisotopic (exact) mass is 292 g/mol. The Labute approximate surface area is 123 Å². The van der Waals surface area contributed by atoms with Crippen LogP contribution in [0.25, 0.3) is 0 Å². The molecule has 3 N–H and O–H groups in total. The summed E-state index contributed by atoms with van der Waals surface area (Å²) in [7, 11) is 0. The minimum atomic E-state index is -0.870. The molecule has 6 nitrogen and oxygen atoms in total. The molecule has 1 aliphatic heterocycles. The minimum absolute atomic E-state index is 0.0176. The quantitative estimate of drug-likeness (QED) is 0.773. The van der Waals surface area contributed by atoms with Crippen molar-refractivity contribution in [2.75, 3.05) is 25.1 Å². The van der Waals surface area contributed by atoms with Gasteiger partial charge in [-0.25, -0.2) is 4.79 Å². The van der Waals surface area contributed by atoms with Crippen molar-refractivity contribution >= 4 is 17.7 Å². The predicted molar refractivity (Wildman–Crippen MR) is 78.3 cm³/mol. The molecule has 1 aromatic rings. The fourth-order valence-electron chi connectivity index (χ4n) is 2.24. The van der Waals surface area contributed by atoms with Gasteiger partial charge in [0.2, 0.25) is 0 Å². The molecule has 0 aliphatic carbocycles. The summed E-state index contributed by atoms with van der Waals surface area (Å²) in [4.78, 5) is 22.3. The number of rotatable bonds is 5. The van der Waals surface area contributed by atoms with Gasteiger partial charge < -0.3 is 20.5 Å². The first-order valence-corrected chi connectivity index (χ1v) is 7.07. The molecular weight excluding hydrogens is 272 g/mol. The number of aliphatic carboxylic acids is 1. The maximum absolute atomic E-state index is 11.8. The van der Waals surface area contributed by atoms with E-state index in [1.54, 1.807) is 24.3 Å².